The molecule has 0 fully saturated rings. The third kappa shape index (κ3) is 3.03. The van der Waals surface area contributed by atoms with E-state index in [1.165, 1.54) is 4.88 Å². The Labute approximate surface area is 105 Å². The van der Waals surface area contributed by atoms with E-state index in [-0.39, 0.29) is 0 Å². The minimum atomic E-state index is 0.587. The number of aromatic nitrogens is 3. The van der Waals surface area contributed by atoms with E-state index in [1.807, 2.05) is 16.9 Å². The number of rotatable bonds is 4. The van der Waals surface area contributed by atoms with Gasteiger partial charge in [0.25, 0.3) is 0 Å². The van der Waals surface area contributed by atoms with Gasteiger partial charge in [-0.05, 0) is 28.1 Å². The Hall–Kier alpha value is -0.390. The van der Waals surface area contributed by atoms with Crippen molar-refractivity contribution in [1.82, 2.24) is 15.0 Å². The van der Waals surface area contributed by atoms with Crippen LogP contribution in [0.1, 0.15) is 10.6 Å². The van der Waals surface area contributed by atoms with Crippen molar-refractivity contribution in [3.63, 3.8) is 0 Å². The second-order valence-electron chi connectivity index (χ2n) is 3.05. The Kier molecular flexibility index (Phi) is 3.77. The molecule has 15 heavy (non-hydrogen) atoms. The maximum Gasteiger partial charge on any atom is 0.0839 e. The molecule has 3 nitrogen and oxygen atoms in total. The fourth-order valence-corrected chi connectivity index (χ4v) is 2.89. The molecule has 2 heterocycles. The summed E-state index contributed by atoms with van der Waals surface area (Å²) in [5, 5.41) is 8.07. The van der Waals surface area contributed by atoms with Crippen molar-refractivity contribution in [1.29, 1.82) is 0 Å². The lowest BCUT2D eigenvalue weighted by Crippen LogP contribution is -1.98. The zero-order valence-corrected chi connectivity index (χ0v) is 11.0. The van der Waals surface area contributed by atoms with Gasteiger partial charge in [0, 0.05) is 23.4 Å². The molecule has 0 saturated carbocycles. The normalized spacial score (nSPS) is 10.8. The molecule has 0 radical (unpaired) electrons. The van der Waals surface area contributed by atoms with Crippen LogP contribution in [0.4, 0.5) is 0 Å². The molecule has 0 saturated heterocycles. The zero-order chi connectivity index (χ0) is 10.7. The van der Waals surface area contributed by atoms with Crippen molar-refractivity contribution in [3.8, 4) is 0 Å². The standard InChI is InChI=1S/C9H9BrClN3S/c10-9-2-1-8(15-9)6-14-5-7(3-4-11)12-13-14/h1-2,5H,3-4,6H2. The van der Waals surface area contributed by atoms with Crippen LogP contribution in [0.3, 0.4) is 0 Å². The SMILES string of the molecule is ClCCc1cn(Cc2ccc(Br)s2)nn1. The summed E-state index contributed by atoms with van der Waals surface area (Å²) < 4.78 is 2.97. The number of alkyl halides is 1. The largest absolute Gasteiger partial charge is 0.247 e. The Morgan fingerprint density at radius 3 is 3.00 bits per heavy atom. The average molecular weight is 307 g/mol. The van der Waals surface area contributed by atoms with E-state index in [0.717, 1.165) is 22.4 Å². The van der Waals surface area contributed by atoms with Gasteiger partial charge in [0.2, 0.25) is 0 Å². The Bertz CT molecular complexity index is 440. The van der Waals surface area contributed by atoms with Gasteiger partial charge in [-0.1, -0.05) is 5.21 Å². The molecule has 0 aliphatic heterocycles. The summed E-state index contributed by atoms with van der Waals surface area (Å²) >= 11 is 10.8. The van der Waals surface area contributed by atoms with E-state index in [2.05, 4.69) is 32.3 Å². The van der Waals surface area contributed by atoms with Gasteiger partial charge in [-0.2, -0.15) is 0 Å². The molecule has 0 aromatic carbocycles. The molecule has 6 heteroatoms. The number of hydrogen-bond acceptors (Lipinski definition) is 3. The topological polar surface area (TPSA) is 30.7 Å². The molecule has 0 aliphatic rings. The van der Waals surface area contributed by atoms with Crippen molar-refractivity contribution >= 4 is 38.9 Å². The smallest absolute Gasteiger partial charge is 0.0839 e. The van der Waals surface area contributed by atoms with Gasteiger partial charge in [0.05, 0.1) is 16.0 Å². The van der Waals surface area contributed by atoms with Crippen LogP contribution >= 0.6 is 38.9 Å². The maximum absolute atomic E-state index is 5.63. The third-order valence-corrected chi connectivity index (χ3v) is 3.68. The highest BCUT2D eigenvalue weighted by molar-refractivity contribution is 9.11. The highest BCUT2D eigenvalue weighted by Crippen LogP contribution is 2.22. The first-order chi connectivity index (χ1) is 7.28. The lowest BCUT2D eigenvalue weighted by atomic mass is 10.4. The first-order valence-corrected chi connectivity index (χ1v) is 6.61. The van der Waals surface area contributed by atoms with Gasteiger partial charge in [-0.15, -0.1) is 28.0 Å². The van der Waals surface area contributed by atoms with Crippen molar-refractivity contribution in [3.05, 3.63) is 32.7 Å². The van der Waals surface area contributed by atoms with Crippen molar-refractivity contribution in [2.45, 2.75) is 13.0 Å². The Morgan fingerprint density at radius 2 is 2.33 bits per heavy atom. The molecule has 0 spiro atoms. The molecule has 0 atom stereocenters. The minimum absolute atomic E-state index is 0.587. The summed E-state index contributed by atoms with van der Waals surface area (Å²) in [4.78, 5) is 1.25. The lowest BCUT2D eigenvalue weighted by Gasteiger charge is -1.94. The fourth-order valence-electron chi connectivity index (χ4n) is 1.22. The zero-order valence-electron chi connectivity index (χ0n) is 7.86. The molecule has 2 aromatic rings. The first-order valence-electron chi connectivity index (χ1n) is 4.47. The van der Waals surface area contributed by atoms with E-state index in [4.69, 9.17) is 11.6 Å². The molecule has 0 aliphatic carbocycles. The van der Waals surface area contributed by atoms with Crippen molar-refractivity contribution in [2.24, 2.45) is 0 Å². The van der Waals surface area contributed by atoms with Crippen LogP contribution in [0.5, 0.6) is 0 Å². The summed E-state index contributed by atoms with van der Waals surface area (Å²) in [6.07, 6.45) is 2.71. The third-order valence-electron chi connectivity index (χ3n) is 1.88. The second kappa shape index (κ2) is 5.09. The summed E-state index contributed by atoms with van der Waals surface area (Å²) in [5.74, 6) is 0.587. The van der Waals surface area contributed by atoms with Crippen LogP contribution < -0.4 is 0 Å². The second-order valence-corrected chi connectivity index (χ2v) is 5.98. The van der Waals surface area contributed by atoms with Crippen LogP contribution in [0.2, 0.25) is 0 Å². The van der Waals surface area contributed by atoms with E-state index in [1.54, 1.807) is 11.3 Å². The summed E-state index contributed by atoms with van der Waals surface area (Å²) in [5.41, 5.74) is 0.945. The fraction of sp³-hybridized carbons (Fsp3) is 0.333. The van der Waals surface area contributed by atoms with E-state index >= 15 is 0 Å². The molecular weight excluding hydrogens is 298 g/mol. The van der Waals surface area contributed by atoms with Crippen molar-refractivity contribution < 1.29 is 0 Å². The van der Waals surface area contributed by atoms with Crippen LogP contribution in [-0.2, 0) is 13.0 Å². The highest BCUT2D eigenvalue weighted by atomic mass is 79.9. The van der Waals surface area contributed by atoms with Gasteiger partial charge in [0.15, 0.2) is 0 Å². The maximum atomic E-state index is 5.63. The van der Waals surface area contributed by atoms with Gasteiger partial charge in [-0.25, -0.2) is 4.68 Å². The molecule has 2 rings (SSSR count). The van der Waals surface area contributed by atoms with Crippen LogP contribution in [0.25, 0.3) is 0 Å². The Morgan fingerprint density at radius 1 is 1.47 bits per heavy atom. The predicted octanol–water partition coefficient (Wildman–Crippen LogP) is 2.93. The number of aryl methyl sites for hydroxylation is 1. The molecule has 0 amide bonds. The van der Waals surface area contributed by atoms with E-state index in [0.29, 0.717) is 5.88 Å². The summed E-state index contributed by atoms with van der Waals surface area (Å²) in [6.45, 7) is 0.769. The summed E-state index contributed by atoms with van der Waals surface area (Å²) in [6, 6.07) is 4.12. The monoisotopic (exact) mass is 305 g/mol. The number of nitrogens with zero attached hydrogens (tertiary/aromatic N) is 3. The van der Waals surface area contributed by atoms with Crippen molar-refractivity contribution in [2.75, 3.05) is 5.88 Å². The molecule has 2 aromatic heterocycles. The molecule has 80 valence electrons. The van der Waals surface area contributed by atoms with Crippen LogP contribution in [0, 0.1) is 0 Å². The molecule has 0 unspecified atom stereocenters. The van der Waals surface area contributed by atoms with Gasteiger partial charge in [0.1, 0.15) is 0 Å². The van der Waals surface area contributed by atoms with Gasteiger partial charge >= 0.3 is 0 Å². The average Bonchev–Trinajstić information content (AvgIpc) is 2.78. The summed E-state index contributed by atoms with van der Waals surface area (Å²) in [7, 11) is 0. The van der Waals surface area contributed by atoms with E-state index < -0.39 is 0 Å². The molecule has 0 bridgehead atoms. The number of hydrogen-bond donors (Lipinski definition) is 0. The lowest BCUT2D eigenvalue weighted by molar-refractivity contribution is 0.655. The number of halogens is 2. The quantitative estimate of drug-likeness (QED) is 0.813. The van der Waals surface area contributed by atoms with Gasteiger partial charge < -0.3 is 0 Å². The van der Waals surface area contributed by atoms with E-state index in [9.17, 15) is 0 Å². The first kappa shape index (κ1) is 11.1. The molecule has 0 N–H and O–H groups in total. The van der Waals surface area contributed by atoms with Crippen LogP contribution in [-0.4, -0.2) is 20.9 Å². The van der Waals surface area contributed by atoms with Gasteiger partial charge in [-0.3, -0.25) is 0 Å². The minimum Gasteiger partial charge on any atom is -0.247 e. The van der Waals surface area contributed by atoms with Crippen LogP contribution in [0.15, 0.2) is 22.1 Å². The molecular formula is C9H9BrClN3S. The predicted molar refractivity (Wildman–Crippen MR) is 65.6 cm³/mol. The Balaban J connectivity index is 2.04. The highest BCUT2D eigenvalue weighted by Gasteiger charge is 2.02. The number of thiophene rings is 1.